The van der Waals surface area contributed by atoms with Gasteiger partial charge in [-0.15, -0.1) is 6.42 Å². The molecule has 0 aliphatic heterocycles. The van der Waals surface area contributed by atoms with E-state index in [1.165, 1.54) is 0 Å². The number of hydrogen-bond donors (Lipinski definition) is 1. The van der Waals surface area contributed by atoms with E-state index in [2.05, 4.69) is 5.92 Å². The lowest BCUT2D eigenvalue weighted by atomic mass is 10.4. The second-order valence-corrected chi connectivity index (χ2v) is 1.83. The Balaban J connectivity index is 3.63. The molecular weight excluding hydrogens is 126 g/mol. The van der Waals surface area contributed by atoms with Crippen LogP contribution in [-0.4, -0.2) is 13.2 Å². The van der Waals surface area contributed by atoms with Crippen LogP contribution in [0.1, 0.15) is 13.3 Å². The van der Waals surface area contributed by atoms with Crippen LogP contribution in [0.5, 0.6) is 0 Å². The van der Waals surface area contributed by atoms with Gasteiger partial charge < -0.3 is 10.5 Å². The lowest BCUT2D eigenvalue weighted by Crippen LogP contribution is -2.06. The maximum absolute atomic E-state index is 5.31. The Morgan fingerprint density at radius 1 is 1.80 bits per heavy atom. The zero-order valence-electron chi connectivity index (χ0n) is 6.26. The van der Waals surface area contributed by atoms with Crippen LogP contribution in [0.2, 0.25) is 0 Å². The van der Waals surface area contributed by atoms with Gasteiger partial charge in [0.1, 0.15) is 5.76 Å². The van der Waals surface area contributed by atoms with Gasteiger partial charge >= 0.3 is 0 Å². The van der Waals surface area contributed by atoms with E-state index in [-0.39, 0.29) is 0 Å². The van der Waals surface area contributed by atoms with Crippen molar-refractivity contribution in [2.24, 2.45) is 5.73 Å². The Morgan fingerprint density at radius 2 is 2.50 bits per heavy atom. The number of hydrogen-bond acceptors (Lipinski definition) is 2. The van der Waals surface area contributed by atoms with Crippen molar-refractivity contribution in [3.63, 3.8) is 0 Å². The van der Waals surface area contributed by atoms with E-state index in [9.17, 15) is 0 Å². The highest BCUT2D eigenvalue weighted by molar-refractivity contribution is 5.13. The topological polar surface area (TPSA) is 35.2 Å². The van der Waals surface area contributed by atoms with Crippen molar-refractivity contribution >= 4 is 0 Å². The molecule has 0 amide bonds. The van der Waals surface area contributed by atoms with Gasteiger partial charge in [-0.1, -0.05) is 12.8 Å². The lowest BCUT2D eigenvalue weighted by molar-refractivity contribution is 0.210. The summed E-state index contributed by atoms with van der Waals surface area (Å²) in [6, 6.07) is 0. The molecule has 2 nitrogen and oxygen atoms in total. The number of terminal acetylenes is 1. The predicted molar refractivity (Wildman–Crippen MR) is 42.2 cm³/mol. The van der Waals surface area contributed by atoms with Crippen molar-refractivity contribution < 1.29 is 4.74 Å². The van der Waals surface area contributed by atoms with E-state index in [1.807, 2.05) is 6.92 Å². The number of allylic oxidation sites excluding steroid dienone is 1. The van der Waals surface area contributed by atoms with Crippen LogP contribution < -0.4 is 5.73 Å². The molecule has 0 atom stereocenters. The zero-order chi connectivity index (χ0) is 7.82. The van der Waals surface area contributed by atoms with Crippen molar-refractivity contribution in [3.05, 3.63) is 11.8 Å². The van der Waals surface area contributed by atoms with E-state index >= 15 is 0 Å². The third-order valence-corrected chi connectivity index (χ3v) is 0.937. The summed E-state index contributed by atoms with van der Waals surface area (Å²) < 4.78 is 5.17. The molecule has 10 heavy (non-hydrogen) atoms. The Morgan fingerprint density at radius 3 is 2.90 bits per heavy atom. The van der Waals surface area contributed by atoms with E-state index in [0.29, 0.717) is 18.9 Å². The van der Waals surface area contributed by atoms with Crippen molar-refractivity contribution in [2.75, 3.05) is 13.2 Å². The molecule has 0 fully saturated rings. The maximum atomic E-state index is 5.31. The summed E-state index contributed by atoms with van der Waals surface area (Å²) >= 11 is 0. The Labute approximate surface area is 62.1 Å². The molecule has 0 aliphatic carbocycles. The highest BCUT2D eigenvalue weighted by Crippen LogP contribution is 1.94. The third kappa shape index (κ3) is 3.99. The van der Waals surface area contributed by atoms with Crippen molar-refractivity contribution in [3.8, 4) is 12.3 Å². The maximum Gasteiger partial charge on any atom is 0.118 e. The van der Waals surface area contributed by atoms with Gasteiger partial charge in [0, 0.05) is 6.08 Å². The molecule has 0 aromatic rings. The molecule has 0 aromatic heterocycles. The minimum Gasteiger partial charge on any atom is -0.496 e. The summed E-state index contributed by atoms with van der Waals surface area (Å²) in [5.74, 6) is 3.05. The molecule has 2 heteroatoms. The minimum absolute atomic E-state index is 0.379. The summed E-state index contributed by atoms with van der Waals surface area (Å²) in [6.07, 6.45) is 7.54. The Bertz CT molecular complexity index is 144. The normalized spacial score (nSPS) is 10.7. The molecule has 0 spiro atoms. The Kier molecular flexibility index (Phi) is 5.60. The highest BCUT2D eigenvalue weighted by atomic mass is 16.5. The van der Waals surface area contributed by atoms with Gasteiger partial charge in [-0.2, -0.15) is 0 Å². The SMILES string of the molecule is C#C/C=C(/CN)OCCC. The molecule has 0 bridgehead atoms. The number of nitrogens with two attached hydrogens (primary N) is 1. The predicted octanol–water partition coefficient (Wildman–Crippen LogP) is 0.889. The van der Waals surface area contributed by atoms with Crippen LogP contribution in [0.4, 0.5) is 0 Å². The van der Waals surface area contributed by atoms with Crippen molar-refractivity contribution in [2.45, 2.75) is 13.3 Å². The summed E-state index contributed by atoms with van der Waals surface area (Å²) in [5, 5.41) is 0. The second-order valence-electron chi connectivity index (χ2n) is 1.83. The Hall–Kier alpha value is -0.940. The molecule has 2 N–H and O–H groups in total. The molecule has 0 saturated carbocycles. The summed E-state index contributed by atoms with van der Waals surface area (Å²) in [4.78, 5) is 0. The highest BCUT2D eigenvalue weighted by Gasteiger charge is 1.90. The number of ether oxygens (including phenoxy) is 1. The fourth-order valence-electron chi connectivity index (χ4n) is 0.486. The largest absolute Gasteiger partial charge is 0.496 e. The first kappa shape index (κ1) is 9.06. The molecule has 0 radical (unpaired) electrons. The van der Waals surface area contributed by atoms with E-state index < -0.39 is 0 Å². The fourth-order valence-corrected chi connectivity index (χ4v) is 0.486. The monoisotopic (exact) mass is 139 g/mol. The van der Waals surface area contributed by atoms with Gasteiger partial charge in [0.2, 0.25) is 0 Å². The van der Waals surface area contributed by atoms with Gasteiger partial charge in [0.15, 0.2) is 0 Å². The van der Waals surface area contributed by atoms with Crippen LogP contribution in [0, 0.1) is 12.3 Å². The molecule has 0 aliphatic rings. The average molecular weight is 139 g/mol. The smallest absolute Gasteiger partial charge is 0.118 e. The first-order valence-electron chi connectivity index (χ1n) is 3.33. The average Bonchev–Trinajstić information content (AvgIpc) is 1.98. The molecule has 0 unspecified atom stereocenters. The summed E-state index contributed by atoms with van der Waals surface area (Å²) in [5.41, 5.74) is 5.31. The fraction of sp³-hybridized carbons (Fsp3) is 0.500. The van der Waals surface area contributed by atoms with E-state index in [1.54, 1.807) is 6.08 Å². The van der Waals surface area contributed by atoms with Crippen LogP contribution in [0.25, 0.3) is 0 Å². The number of rotatable bonds is 4. The summed E-state index contributed by atoms with van der Waals surface area (Å²) in [7, 11) is 0. The van der Waals surface area contributed by atoms with Crippen LogP contribution in [0.3, 0.4) is 0 Å². The quantitative estimate of drug-likeness (QED) is 0.463. The van der Waals surface area contributed by atoms with Gasteiger partial charge in [-0.3, -0.25) is 0 Å². The van der Waals surface area contributed by atoms with Gasteiger partial charge in [0.25, 0.3) is 0 Å². The molecule has 0 saturated heterocycles. The third-order valence-electron chi connectivity index (χ3n) is 0.937. The summed E-state index contributed by atoms with van der Waals surface area (Å²) in [6.45, 7) is 3.10. The van der Waals surface area contributed by atoms with Crippen LogP contribution in [0.15, 0.2) is 11.8 Å². The van der Waals surface area contributed by atoms with Gasteiger partial charge in [-0.05, 0) is 6.42 Å². The van der Waals surface area contributed by atoms with Crippen LogP contribution >= 0.6 is 0 Å². The minimum atomic E-state index is 0.379. The standard InChI is InChI=1S/C8H13NO/c1-3-5-8(7-9)10-6-4-2/h1,5H,4,6-7,9H2,2H3/b8-5-. The molecule has 0 rings (SSSR count). The molecule has 0 heterocycles. The van der Waals surface area contributed by atoms with Crippen LogP contribution in [-0.2, 0) is 4.74 Å². The first-order chi connectivity index (χ1) is 4.85. The molecule has 0 aromatic carbocycles. The van der Waals surface area contributed by atoms with E-state index in [4.69, 9.17) is 16.9 Å². The van der Waals surface area contributed by atoms with Gasteiger partial charge in [-0.25, -0.2) is 0 Å². The van der Waals surface area contributed by atoms with Gasteiger partial charge in [0.05, 0.1) is 13.2 Å². The second kappa shape index (κ2) is 6.18. The molecular formula is C8H13NO. The van der Waals surface area contributed by atoms with E-state index in [0.717, 1.165) is 6.42 Å². The molecule has 56 valence electrons. The lowest BCUT2D eigenvalue weighted by Gasteiger charge is -2.04. The first-order valence-corrected chi connectivity index (χ1v) is 3.33. The van der Waals surface area contributed by atoms with Crippen molar-refractivity contribution in [1.29, 1.82) is 0 Å². The zero-order valence-corrected chi connectivity index (χ0v) is 6.26. The van der Waals surface area contributed by atoms with Crippen molar-refractivity contribution in [1.82, 2.24) is 0 Å².